The number of hydrogen-bond acceptors (Lipinski definition) is 4. The van der Waals surface area contributed by atoms with E-state index in [9.17, 15) is 18.0 Å². The number of urea groups is 1. The zero-order valence-electron chi connectivity index (χ0n) is 11.3. The molecule has 3 N–H and O–H groups in total. The van der Waals surface area contributed by atoms with Gasteiger partial charge < -0.3 is 16.0 Å². The summed E-state index contributed by atoms with van der Waals surface area (Å²) in [5, 5.41) is 7.57. The Hall–Kier alpha value is -2.09. The molecule has 1 aromatic rings. The molecule has 0 bridgehead atoms. The molecule has 0 aromatic heterocycles. The lowest BCUT2D eigenvalue weighted by Gasteiger charge is -2.12. The van der Waals surface area contributed by atoms with Gasteiger partial charge in [0.2, 0.25) is 5.91 Å². The Morgan fingerprint density at radius 1 is 1.19 bits per heavy atom. The summed E-state index contributed by atoms with van der Waals surface area (Å²) in [5.74, 6) is -0.307. The summed E-state index contributed by atoms with van der Waals surface area (Å²) in [6.45, 7) is -0.180. The maximum atomic E-state index is 11.6. The van der Waals surface area contributed by atoms with Crippen molar-refractivity contribution in [2.75, 3.05) is 23.4 Å². The van der Waals surface area contributed by atoms with Crippen LogP contribution in [0.2, 0.25) is 0 Å². The first kappa shape index (κ1) is 15.3. The third-order valence-electron chi connectivity index (χ3n) is 3.03. The molecule has 1 aliphatic heterocycles. The van der Waals surface area contributed by atoms with E-state index in [0.29, 0.717) is 12.1 Å². The molecule has 21 heavy (non-hydrogen) atoms. The number of para-hydroxylation sites is 1. The Labute approximate surface area is 123 Å². The number of amides is 3. The standard InChI is InChI=1S/C13H17N3O4S/c17-12(15-10-4-2-1-3-5-10)8-14-13(18)16-11-6-7-21(19,20)9-11/h1-5,11H,6-9H2,(H,15,17)(H2,14,16,18)/t11-/m0/s1. The summed E-state index contributed by atoms with van der Waals surface area (Å²) in [6.07, 6.45) is 0.409. The van der Waals surface area contributed by atoms with Gasteiger partial charge in [-0.2, -0.15) is 0 Å². The first-order valence-electron chi connectivity index (χ1n) is 6.54. The third kappa shape index (κ3) is 5.07. The molecule has 1 fully saturated rings. The van der Waals surface area contributed by atoms with Crippen molar-refractivity contribution in [2.45, 2.75) is 12.5 Å². The Kier molecular flexibility index (Phi) is 4.79. The summed E-state index contributed by atoms with van der Waals surface area (Å²) >= 11 is 0. The van der Waals surface area contributed by atoms with Crippen molar-refractivity contribution in [1.29, 1.82) is 0 Å². The normalized spacial score (nSPS) is 19.7. The van der Waals surface area contributed by atoms with E-state index >= 15 is 0 Å². The van der Waals surface area contributed by atoms with E-state index < -0.39 is 15.9 Å². The summed E-state index contributed by atoms with van der Waals surface area (Å²) in [7, 11) is -3.03. The molecule has 0 spiro atoms. The van der Waals surface area contributed by atoms with E-state index in [2.05, 4.69) is 16.0 Å². The van der Waals surface area contributed by atoms with Gasteiger partial charge in [0.1, 0.15) is 0 Å². The highest BCUT2D eigenvalue weighted by atomic mass is 32.2. The van der Waals surface area contributed by atoms with Gasteiger partial charge in [-0.25, -0.2) is 13.2 Å². The molecule has 0 radical (unpaired) electrons. The van der Waals surface area contributed by atoms with Crippen molar-refractivity contribution in [1.82, 2.24) is 10.6 Å². The molecule has 1 aliphatic rings. The fourth-order valence-electron chi connectivity index (χ4n) is 2.03. The van der Waals surface area contributed by atoms with Crippen LogP contribution in [0.15, 0.2) is 30.3 Å². The molecule has 0 saturated carbocycles. The number of benzene rings is 1. The molecule has 1 heterocycles. The van der Waals surface area contributed by atoms with Gasteiger partial charge in [-0.3, -0.25) is 4.79 Å². The molecule has 0 aliphatic carbocycles. The van der Waals surface area contributed by atoms with Crippen molar-refractivity contribution < 1.29 is 18.0 Å². The Balaban J connectivity index is 1.70. The van der Waals surface area contributed by atoms with Crippen LogP contribution < -0.4 is 16.0 Å². The summed E-state index contributed by atoms with van der Waals surface area (Å²) < 4.78 is 22.5. The average Bonchev–Trinajstić information content (AvgIpc) is 2.77. The van der Waals surface area contributed by atoms with Crippen LogP contribution in [0.3, 0.4) is 0 Å². The number of sulfone groups is 1. The highest BCUT2D eigenvalue weighted by Crippen LogP contribution is 2.10. The van der Waals surface area contributed by atoms with Gasteiger partial charge in [-0.15, -0.1) is 0 Å². The van der Waals surface area contributed by atoms with Crippen LogP contribution in [0.1, 0.15) is 6.42 Å². The number of carbonyl (C=O) groups excluding carboxylic acids is 2. The zero-order chi connectivity index (χ0) is 15.3. The van der Waals surface area contributed by atoms with Crippen molar-refractivity contribution in [3.8, 4) is 0 Å². The van der Waals surface area contributed by atoms with Crippen LogP contribution in [-0.2, 0) is 14.6 Å². The van der Waals surface area contributed by atoms with Gasteiger partial charge in [0, 0.05) is 11.7 Å². The minimum atomic E-state index is -3.03. The SMILES string of the molecule is O=C(CNC(=O)N[C@H]1CCS(=O)(=O)C1)Nc1ccccc1. The zero-order valence-corrected chi connectivity index (χ0v) is 12.2. The second-order valence-electron chi connectivity index (χ2n) is 4.84. The smallest absolute Gasteiger partial charge is 0.315 e. The minimum absolute atomic E-state index is 0.0450. The van der Waals surface area contributed by atoms with E-state index in [0.717, 1.165) is 0 Å². The minimum Gasteiger partial charge on any atom is -0.334 e. The van der Waals surface area contributed by atoms with Gasteiger partial charge >= 0.3 is 6.03 Å². The molecule has 2 rings (SSSR count). The first-order valence-corrected chi connectivity index (χ1v) is 8.36. The van der Waals surface area contributed by atoms with Crippen LogP contribution in [0.4, 0.5) is 10.5 Å². The molecule has 8 heteroatoms. The van der Waals surface area contributed by atoms with E-state index in [-0.39, 0.29) is 30.0 Å². The van der Waals surface area contributed by atoms with Crippen LogP contribution in [0.5, 0.6) is 0 Å². The third-order valence-corrected chi connectivity index (χ3v) is 4.80. The molecule has 114 valence electrons. The molecule has 3 amide bonds. The van der Waals surface area contributed by atoms with Gasteiger partial charge in [-0.1, -0.05) is 18.2 Å². The average molecular weight is 311 g/mol. The maximum absolute atomic E-state index is 11.6. The van der Waals surface area contributed by atoms with E-state index in [1.54, 1.807) is 24.3 Å². The molecule has 1 saturated heterocycles. The lowest BCUT2D eigenvalue weighted by atomic mass is 10.3. The van der Waals surface area contributed by atoms with E-state index in [1.807, 2.05) is 6.07 Å². The summed E-state index contributed by atoms with van der Waals surface area (Å²) in [6, 6.07) is 7.96. The highest BCUT2D eigenvalue weighted by Gasteiger charge is 2.28. The molecule has 1 atom stereocenters. The lowest BCUT2D eigenvalue weighted by Crippen LogP contribution is -2.45. The number of carbonyl (C=O) groups is 2. The van der Waals surface area contributed by atoms with Crippen molar-refractivity contribution >= 4 is 27.5 Å². The first-order chi connectivity index (χ1) is 9.94. The molecule has 1 aromatic carbocycles. The van der Waals surface area contributed by atoms with Crippen molar-refractivity contribution in [3.63, 3.8) is 0 Å². The number of nitrogens with one attached hydrogen (secondary N) is 3. The van der Waals surface area contributed by atoms with Crippen LogP contribution >= 0.6 is 0 Å². The van der Waals surface area contributed by atoms with Gasteiger partial charge in [0.25, 0.3) is 0 Å². The van der Waals surface area contributed by atoms with Crippen LogP contribution in [-0.4, -0.2) is 44.4 Å². The summed E-state index contributed by atoms with van der Waals surface area (Å²) in [5.41, 5.74) is 0.645. The Morgan fingerprint density at radius 2 is 1.90 bits per heavy atom. The number of anilines is 1. The Morgan fingerprint density at radius 3 is 2.52 bits per heavy atom. The highest BCUT2D eigenvalue weighted by molar-refractivity contribution is 7.91. The molecular weight excluding hydrogens is 294 g/mol. The largest absolute Gasteiger partial charge is 0.334 e. The lowest BCUT2D eigenvalue weighted by molar-refractivity contribution is -0.115. The number of rotatable bonds is 4. The summed E-state index contributed by atoms with van der Waals surface area (Å²) in [4.78, 5) is 23.2. The monoisotopic (exact) mass is 311 g/mol. The fourth-order valence-corrected chi connectivity index (χ4v) is 3.71. The van der Waals surface area contributed by atoms with Gasteiger partial charge in [-0.05, 0) is 18.6 Å². The predicted octanol–water partition coefficient (Wildman–Crippen LogP) is 0.111. The molecular formula is C13H17N3O4S. The second-order valence-corrected chi connectivity index (χ2v) is 7.07. The van der Waals surface area contributed by atoms with Crippen molar-refractivity contribution in [3.05, 3.63) is 30.3 Å². The molecule has 7 nitrogen and oxygen atoms in total. The van der Waals surface area contributed by atoms with Gasteiger partial charge in [0.15, 0.2) is 9.84 Å². The Bertz CT molecular complexity index is 616. The van der Waals surface area contributed by atoms with Crippen molar-refractivity contribution in [2.24, 2.45) is 0 Å². The van der Waals surface area contributed by atoms with E-state index in [1.165, 1.54) is 0 Å². The fraction of sp³-hybridized carbons (Fsp3) is 0.385. The quantitative estimate of drug-likeness (QED) is 0.734. The van der Waals surface area contributed by atoms with Crippen LogP contribution in [0, 0.1) is 0 Å². The predicted molar refractivity (Wildman–Crippen MR) is 78.7 cm³/mol. The van der Waals surface area contributed by atoms with Gasteiger partial charge in [0.05, 0.1) is 18.1 Å². The number of hydrogen-bond donors (Lipinski definition) is 3. The maximum Gasteiger partial charge on any atom is 0.315 e. The molecule has 0 unspecified atom stereocenters. The topological polar surface area (TPSA) is 104 Å². The van der Waals surface area contributed by atoms with Crippen LogP contribution in [0.25, 0.3) is 0 Å². The van der Waals surface area contributed by atoms with E-state index in [4.69, 9.17) is 0 Å². The second kappa shape index (κ2) is 6.57.